The van der Waals surface area contributed by atoms with Crippen LogP contribution in [0, 0.1) is 5.92 Å². The van der Waals surface area contributed by atoms with E-state index in [0.717, 1.165) is 24.8 Å². The van der Waals surface area contributed by atoms with Crippen LogP contribution in [0.5, 0.6) is 0 Å². The summed E-state index contributed by atoms with van der Waals surface area (Å²) in [6.07, 6.45) is 3.80. The van der Waals surface area contributed by atoms with Crippen molar-refractivity contribution in [3.8, 4) is 0 Å². The Balaban J connectivity index is 2.06. The van der Waals surface area contributed by atoms with Crippen molar-refractivity contribution in [3.63, 3.8) is 0 Å². The van der Waals surface area contributed by atoms with Gasteiger partial charge in [-0.15, -0.1) is 0 Å². The first-order valence-electron chi connectivity index (χ1n) is 5.53. The molecule has 0 aliphatic heterocycles. The first-order valence-corrected chi connectivity index (χ1v) is 5.53. The van der Waals surface area contributed by atoms with Gasteiger partial charge in [0.05, 0.1) is 0 Å². The largest absolute Gasteiger partial charge is 0.295 e. The van der Waals surface area contributed by atoms with Crippen LogP contribution in [-0.4, -0.2) is 5.78 Å². The van der Waals surface area contributed by atoms with Crippen LogP contribution in [0.25, 0.3) is 0 Å². The molecule has 0 amide bonds. The summed E-state index contributed by atoms with van der Waals surface area (Å²) in [7, 11) is 0. The van der Waals surface area contributed by atoms with Gasteiger partial charge in [0.15, 0.2) is 5.78 Å². The van der Waals surface area contributed by atoms with Crippen LogP contribution >= 0.6 is 0 Å². The minimum absolute atomic E-state index is 0.266. The van der Waals surface area contributed by atoms with Gasteiger partial charge in [-0.05, 0) is 36.3 Å². The van der Waals surface area contributed by atoms with Gasteiger partial charge in [-0.25, -0.2) is 0 Å². The van der Waals surface area contributed by atoms with Crippen LogP contribution < -0.4 is 0 Å². The van der Waals surface area contributed by atoms with E-state index in [1.807, 2.05) is 18.2 Å². The summed E-state index contributed by atoms with van der Waals surface area (Å²) in [6, 6.07) is 10.3. The lowest BCUT2D eigenvalue weighted by molar-refractivity contribution is -0.117. The number of hydrogen-bond acceptors (Lipinski definition) is 1. The molecule has 1 aliphatic rings. The van der Waals surface area contributed by atoms with Gasteiger partial charge >= 0.3 is 0 Å². The summed E-state index contributed by atoms with van der Waals surface area (Å²) in [5, 5.41) is 0. The van der Waals surface area contributed by atoms with E-state index in [4.69, 9.17) is 0 Å². The van der Waals surface area contributed by atoms with Gasteiger partial charge in [0.25, 0.3) is 0 Å². The smallest absolute Gasteiger partial charge is 0.158 e. The van der Waals surface area contributed by atoms with Crippen LogP contribution in [0.2, 0.25) is 0 Å². The van der Waals surface area contributed by atoms with Gasteiger partial charge in [-0.1, -0.05) is 36.9 Å². The number of rotatable bonds is 2. The number of carbonyl (C=O) groups excluding carboxylic acids is 1. The summed E-state index contributed by atoms with van der Waals surface area (Å²) in [6.45, 7) is 3.92. The highest BCUT2D eigenvalue weighted by Gasteiger charge is 2.23. The van der Waals surface area contributed by atoms with E-state index < -0.39 is 0 Å². The fourth-order valence-corrected chi connectivity index (χ4v) is 2.20. The van der Waals surface area contributed by atoms with Crippen molar-refractivity contribution < 1.29 is 4.79 Å². The van der Waals surface area contributed by atoms with Gasteiger partial charge in [0, 0.05) is 6.42 Å². The van der Waals surface area contributed by atoms with Crippen molar-refractivity contribution in [1.82, 2.24) is 0 Å². The number of benzene rings is 1. The maximum atomic E-state index is 11.5. The van der Waals surface area contributed by atoms with Crippen LogP contribution in [-0.2, 0) is 11.2 Å². The molecule has 0 spiro atoms. The molecule has 0 aromatic heterocycles. The Morgan fingerprint density at radius 2 is 2.00 bits per heavy atom. The maximum Gasteiger partial charge on any atom is 0.158 e. The van der Waals surface area contributed by atoms with Gasteiger partial charge < -0.3 is 0 Å². The normalized spacial score (nSPS) is 21.7. The molecule has 78 valence electrons. The summed E-state index contributed by atoms with van der Waals surface area (Å²) in [5.41, 5.74) is 2.14. The zero-order valence-electron chi connectivity index (χ0n) is 8.91. The maximum absolute atomic E-state index is 11.5. The fraction of sp³-hybridized carbons (Fsp3) is 0.357. The molecule has 1 atom stereocenters. The van der Waals surface area contributed by atoms with Crippen molar-refractivity contribution in [1.29, 1.82) is 0 Å². The van der Waals surface area contributed by atoms with Crippen molar-refractivity contribution in [2.24, 2.45) is 5.92 Å². The second-order valence-corrected chi connectivity index (χ2v) is 4.23. The molecule has 0 saturated heterocycles. The van der Waals surface area contributed by atoms with Crippen molar-refractivity contribution in [3.05, 3.63) is 48.0 Å². The molecule has 1 aromatic carbocycles. The van der Waals surface area contributed by atoms with E-state index in [-0.39, 0.29) is 5.78 Å². The van der Waals surface area contributed by atoms with Crippen LogP contribution in [0.4, 0.5) is 0 Å². The molecule has 0 N–H and O–H groups in total. The highest BCUT2D eigenvalue weighted by atomic mass is 16.1. The fourth-order valence-electron chi connectivity index (χ4n) is 2.20. The summed E-state index contributed by atoms with van der Waals surface area (Å²) < 4.78 is 0. The highest BCUT2D eigenvalue weighted by Crippen LogP contribution is 2.28. The Kier molecular flexibility index (Phi) is 3.00. The molecule has 15 heavy (non-hydrogen) atoms. The zero-order chi connectivity index (χ0) is 10.7. The molecule has 0 radical (unpaired) electrons. The molecule has 1 unspecified atom stereocenters. The number of allylic oxidation sites excluding steroid dienone is 1. The van der Waals surface area contributed by atoms with Crippen molar-refractivity contribution in [2.45, 2.75) is 25.7 Å². The molecule has 1 heteroatoms. The lowest BCUT2D eigenvalue weighted by Gasteiger charge is -2.23. The van der Waals surface area contributed by atoms with E-state index >= 15 is 0 Å². The van der Waals surface area contributed by atoms with Gasteiger partial charge in [-0.3, -0.25) is 4.79 Å². The zero-order valence-corrected chi connectivity index (χ0v) is 8.91. The Bertz CT molecular complexity index is 364. The molecule has 1 aromatic rings. The lowest BCUT2D eigenvalue weighted by Crippen LogP contribution is -2.20. The van der Waals surface area contributed by atoms with Crippen molar-refractivity contribution in [2.75, 3.05) is 0 Å². The van der Waals surface area contributed by atoms with Crippen LogP contribution in [0.3, 0.4) is 0 Å². The van der Waals surface area contributed by atoms with Gasteiger partial charge in [0.2, 0.25) is 0 Å². The number of hydrogen-bond donors (Lipinski definition) is 0. The summed E-state index contributed by atoms with van der Waals surface area (Å²) in [4.78, 5) is 11.5. The Labute approximate surface area is 90.8 Å². The average Bonchev–Trinajstić information content (AvgIpc) is 2.26. The predicted octanol–water partition coefficient (Wildman–Crippen LogP) is 3.15. The molecular formula is C14H16O. The monoisotopic (exact) mass is 200 g/mol. The third-order valence-corrected chi connectivity index (χ3v) is 3.13. The predicted molar refractivity (Wildman–Crippen MR) is 61.6 cm³/mol. The number of carbonyl (C=O) groups is 1. The van der Waals surface area contributed by atoms with Crippen LogP contribution in [0.1, 0.15) is 24.8 Å². The first kappa shape index (κ1) is 10.2. The highest BCUT2D eigenvalue weighted by molar-refractivity contribution is 5.95. The average molecular weight is 200 g/mol. The van der Waals surface area contributed by atoms with Crippen LogP contribution in [0.15, 0.2) is 42.5 Å². The minimum Gasteiger partial charge on any atom is -0.295 e. The van der Waals surface area contributed by atoms with E-state index in [1.165, 1.54) is 5.56 Å². The van der Waals surface area contributed by atoms with Gasteiger partial charge in [0.1, 0.15) is 0 Å². The topological polar surface area (TPSA) is 17.1 Å². The standard InChI is InChI=1S/C14H16O/c1-11-13(8-5-9-14(11)15)10-12-6-3-2-4-7-12/h2-4,6-7,13H,1,5,8-10H2. The molecule has 1 fully saturated rings. The third kappa shape index (κ3) is 2.35. The quantitative estimate of drug-likeness (QED) is 0.670. The van der Waals surface area contributed by atoms with E-state index in [0.29, 0.717) is 12.3 Å². The molecule has 1 aliphatic carbocycles. The Morgan fingerprint density at radius 3 is 2.73 bits per heavy atom. The second-order valence-electron chi connectivity index (χ2n) is 4.23. The number of Topliss-reactive ketones (excluding diaryl/α,β-unsaturated/α-hetero) is 1. The molecule has 1 saturated carbocycles. The molecular weight excluding hydrogens is 184 g/mol. The van der Waals surface area contributed by atoms with Gasteiger partial charge in [-0.2, -0.15) is 0 Å². The molecule has 0 heterocycles. The third-order valence-electron chi connectivity index (χ3n) is 3.13. The Hall–Kier alpha value is -1.37. The minimum atomic E-state index is 0.266. The Morgan fingerprint density at radius 1 is 1.27 bits per heavy atom. The molecule has 1 nitrogen and oxygen atoms in total. The lowest BCUT2D eigenvalue weighted by atomic mass is 9.81. The van der Waals surface area contributed by atoms with E-state index in [1.54, 1.807) is 0 Å². The molecule has 0 bridgehead atoms. The first-order chi connectivity index (χ1) is 7.27. The van der Waals surface area contributed by atoms with Crippen molar-refractivity contribution >= 4 is 5.78 Å². The second kappa shape index (κ2) is 4.43. The summed E-state index contributed by atoms with van der Waals surface area (Å²) in [5.74, 6) is 0.635. The molecule has 2 rings (SSSR count). The van der Waals surface area contributed by atoms with E-state index in [2.05, 4.69) is 18.7 Å². The number of ketones is 1. The van der Waals surface area contributed by atoms with E-state index in [9.17, 15) is 4.79 Å². The SMILES string of the molecule is C=C1C(=O)CCCC1Cc1ccccc1. The summed E-state index contributed by atoms with van der Waals surface area (Å²) >= 11 is 0.